The summed E-state index contributed by atoms with van der Waals surface area (Å²) in [6, 6.07) is 12.7. The first-order valence-electron chi connectivity index (χ1n) is 7.42. The predicted octanol–water partition coefficient (Wildman–Crippen LogP) is 3.13. The first kappa shape index (κ1) is 15.2. The number of benzene rings is 2. The Morgan fingerprint density at radius 1 is 1.13 bits per heavy atom. The summed E-state index contributed by atoms with van der Waals surface area (Å²) in [5.41, 5.74) is 1.29. The van der Waals surface area contributed by atoms with Gasteiger partial charge in [-0.05, 0) is 31.2 Å². The number of carbonyl (C=O) groups is 1. The highest BCUT2D eigenvalue weighted by Gasteiger charge is 2.30. The van der Waals surface area contributed by atoms with Crippen LogP contribution in [0.5, 0.6) is 17.2 Å². The molecule has 120 valence electrons. The fraction of sp³-hybridized carbons (Fsp3) is 0.278. The summed E-state index contributed by atoms with van der Waals surface area (Å²) in [6.45, 7) is 2.43. The number of rotatable bonds is 3. The molecule has 0 aliphatic carbocycles. The van der Waals surface area contributed by atoms with Gasteiger partial charge >= 0.3 is 0 Å². The second kappa shape index (κ2) is 6.20. The highest BCUT2D eigenvalue weighted by atomic mass is 16.5. The third-order valence-electron chi connectivity index (χ3n) is 3.86. The maximum absolute atomic E-state index is 13.1. The normalized spacial score (nSPS) is 16.3. The molecule has 0 saturated carbocycles. The van der Waals surface area contributed by atoms with E-state index in [1.54, 1.807) is 37.3 Å². The molecule has 0 bridgehead atoms. The molecule has 0 spiro atoms. The van der Waals surface area contributed by atoms with E-state index >= 15 is 0 Å². The molecular weight excluding hydrogens is 294 g/mol. The lowest BCUT2D eigenvalue weighted by molar-refractivity contribution is 0.0960. The molecule has 23 heavy (non-hydrogen) atoms. The zero-order chi connectivity index (χ0) is 16.4. The van der Waals surface area contributed by atoms with Crippen LogP contribution in [0.4, 0.5) is 5.69 Å². The monoisotopic (exact) mass is 313 g/mol. The number of hydrogen-bond acceptors (Lipinski definition) is 4. The zero-order valence-electron chi connectivity index (χ0n) is 13.4. The van der Waals surface area contributed by atoms with Gasteiger partial charge in [0.15, 0.2) is 0 Å². The molecule has 0 N–H and O–H groups in total. The molecule has 5 heteroatoms. The number of anilines is 1. The minimum absolute atomic E-state index is 0.0606. The minimum Gasteiger partial charge on any atom is -0.497 e. The van der Waals surface area contributed by atoms with E-state index in [9.17, 15) is 4.79 Å². The minimum atomic E-state index is -0.106. The van der Waals surface area contributed by atoms with Crippen molar-refractivity contribution in [1.29, 1.82) is 0 Å². The van der Waals surface area contributed by atoms with E-state index in [2.05, 4.69) is 0 Å². The topological polar surface area (TPSA) is 48.0 Å². The number of para-hydroxylation sites is 2. The Bertz CT molecular complexity index is 706. The second-order valence-corrected chi connectivity index (χ2v) is 5.40. The first-order chi connectivity index (χ1) is 11.1. The van der Waals surface area contributed by atoms with Gasteiger partial charge in [0.05, 0.1) is 25.9 Å². The van der Waals surface area contributed by atoms with Crippen molar-refractivity contribution in [2.45, 2.75) is 13.0 Å². The van der Waals surface area contributed by atoms with E-state index in [1.165, 1.54) is 0 Å². The Hall–Kier alpha value is -2.69. The summed E-state index contributed by atoms with van der Waals surface area (Å²) >= 11 is 0. The summed E-state index contributed by atoms with van der Waals surface area (Å²) in [4.78, 5) is 14.8. The van der Waals surface area contributed by atoms with Gasteiger partial charge in [0.1, 0.15) is 23.9 Å². The van der Waals surface area contributed by atoms with E-state index in [4.69, 9.17) is 14.2 Å². The van der Waals surface area contributed by atoms with Crippen molar-refractivity contribution < 1.29 is 19.0 Å². The number of nitrogens with zero attached hydrogens (tertiary/aromatic N) is 1. The third kappa shape index (κ3) is 2.82. The molecule has 2 aromatic rings. The standard InChI is InChI=1S/C18H19NO4/c1-12-11-23-17-7-5-4-6-16(17)19(12)18(20)13-8-14(21-2)10-15(9-13)22-3/h4-10,12H,11H2,1-3H3. The van der Waals surface area contributed by atoms with Crippen LogP contribution < -0.4 is 19.1 Å². The fourth-order valence-corrected chi connectivity index (χ4v) is 2.68. The Kier molecular flexibility index (Phi) is 4.10. The summed E-state index contributed by atoms with van der Waals surface area (Å²) < 4.78 is 16.2. The largest absolute Gasteiger partial charge is 0.497 e. The van der Waals surface area contributed by atoms with Gasteiger partial charge in [-0.15, -0.1) is 0 Å². The lowest BCUT2D eigenvalue weighted by Crippen LogP contribution is -2.45. The van der Waals surface area contributed by atoms with Gasteiger partial charge in [-0.1, -0.05) is 12.1 Å². The van der Waals surface area contributed by atoms with Gasteiger partial charge in [0.25, 0.3) is 5.91 Å². The van der Waals surface area contributed by atoms with Gasteiger partial charge in [-0.2, -0.15) is 0 Å². The van der Waals surface area contributed by atoms with Crippen LogP contribution in [0.25, 0.3) is 0 Å². The van der Waals surface area contributed by atoms with Crippen molar-refractivity contribution in [3.05, 3.63) is 48.0 Å². The quantitative estimate of drug-likeness (QED) is 0.873. The van der Waals surface area contributed by atoms with Crippen molar-refractivity contribution in [3.8, 4) is 17.2 Å². The molecular formula is C18H19NO4. The molecule has 2 aromatic carbocycles. The molecule has 1 amide bonds. The number of amides is 1. The average molecular weight is 313 g/mol. The van der Waals surface area contributed by atoms with Crippen molar-refractivity contribution in [1.82, 2.24) is 0 Å². The lowest BCUT2D eigenvalue weighted by Gasteiger charge is -2.35. The van der Waals surface area contributed by atoms with E-state index in [-0.39, 0.29) is 11.9 Å². The van der Waals surface area contributed by atoms with Crippen molar-refractivity contribution in [2.24, 2.45) is 0 Å². The van der Waals surface area contributed by atoms with Crippen molar-refractivity contribution >= 4 is 11.6 Å². The summed E-state index contributed by atoms with van der Waals surface area (Å²) in [6.07, 6.45) is 0. The Morgan fingerprint density at radius 3 is 2.43 bits per heavy atom. The van der Waals surface area contributed by atoms with E-state index in [0.29, 0.717) is 29.4 Å². The number of carbonyl (C=O) groups excluding carboxylic acids is 1. The van der Waals surface area contributed by atoms with Crippen molar-refractivity contribution in [3.63, 3.8) is 0 Å². The van der Waals surface area contributed by atoms with Gasteiger partial charge < -0.3 is 14.2 Å². The molecule has 0 aromatic heterocycles. The summed E-state index contributed by atoms with van der Waals surface area (Å²) in [5.74, 6) is 1.78. The predicted molar refractivity (Wildman–Crippen MR) is 87.8 cm³/mol. The molecule has 1 atom stereocenters. The molecule has 1 unspecified atom stereocenters. The Balaban J connectivity index is 2.03. The zero-order valence-corrected chi connectivity index (χ0v) is 13.4. The van der Waals surface area contributed by atoms with E-state index in [0.717, 1.165) is 5.69 Å². The van der Waals surface area contributed by atoms with Crippen LogP contribution in [0.3, 0.4) is 0 Å². The molecule has 0 saturated heterocycles. The Morgan fingerprint density at radius 2 is 1.78 bits per heavy atom. The fourth-order valence-electron chi connectivity index (χ4n) is 2.68. The summed E-state index contributed by atoms with van der Waals surface area (Å²) in [7, 11) is 3.13. The highest BCUT2D eigenvalue weighted by Crippen LogP contribution is 2.35. The Labute approximate surface area is 135 Å². The molecule has 1 aliphatic heterocycles. The molecule has 0 fully saturated rings. The van der Waals surface area contributed by atoms with Crippen LogP contribution in [-0.4, -0.2) is 32.8 Å². The smallest absolute Gasteiger partial charge is 0.259 e. The molecule has 1 aliphatic rings. The number of fused-ring (bicyclic) bond motifs is 1. The van der Waals surface area contributed by atoms with Crippen molar-refractivity contribution in [2.75, 3.05) is 25.7 Å². The third-order valence-corrected chi connectivity index (χ3v) is 3.86. The maximum Gasteiger partial charge on any atom is 0.259 e. The van der Waals surface area contributed by atoms with Gasteiger partial charge in [0, 0.05) is 11.6 Å². The number of hydrogen-bond donors (Lipinski definition) is 0. The van der Waals surface area contributed by atoms with Gasteiger partial charge in [-0.3, -0.25) is 9.69 Å². The average Bonchev–Trinajstić information content (AvgIpc) is 2.60. The molecule has 3 rings (SSSR count). The second-order valence-electron chi connectivity index (χ2n) is 5.40. The van der Waals surface area contributed by atoms with Crippen LogP contribution in [0.2, 0.25) is 0 Å². The van der Waals surface area contributed by atoms with E-state index < -0.39 is 0 Å². The SMILES string of the molecule is COc1cc(OC)cc(C(=O)N2c3ccccc3OCC2C)c1. The van der Waals surface area contributed by atoms with Crippen LogP contribution >= 0.6 is 0 Å². The van der Waals surface area contributed by atoms with Crippen LogP contribution in [0, 0.1) is 0 Å². The number of methoxy groups -OCH3 is 2. The van der Waals surface area contributed by atoms with Crippen LogP contribution in [0.15, 0.2) is 42.5 Å². The molecule has 1 heterocycles. The number of ether oxygens (including phenoxy) is 3. The van der Waals surface area contributed by atoms with Gasteiger partial charge in [-0.25, -0.2) is 0 Å². The van der Waals surface area contributed by atoms with Gasteiger partial charge in [0.2, 0.25) is 0 Å². The van der Waals surface area contributed by atoms with E-state index in [1.807, 2.05) is 31.2 Å². The molecule has 5 nitrogen and oxygen atoms in total. The maximum atomic E-state index is 13.1. The summed E-state index contributed by atoms with van der Waals surface area (Å²) in [5, 5.41) is 0. The van der Waals surface area contributed by atoms with Crippen LogP contribution in [-0.2, 0) is 0 Å². The first-order valence-corrected chi connectivity index (χ1v) is 7.42. The molecule has 0 radical (unpaired) electrons. The van der Waals surface area contributed by atoms with Crippen LogP contribution in [0.1, 0.15) is 17.3 Å². The highest BCUT2D eigenvalue weighted by molar-refractivity contribution is 6.08. The lowest BCUT2D eigenvalue weighted by atomic mass is 10.1.